The van der Waals surface area contributed by atoms with Crippen LogP contribution in [0.15, 0.2) is 46.2 Å². The highest BCUT2D eigenvalue weighted by atomic mass is 35.5. The number of nitrogens with zero attached hydrogens (tertiary/aromatic N) is 3. The van der Waals surface area contributed by atoms with Crippen LogP contribution >= 0.6 is 11.6 Å². The first-order chi connectivity index (χ1) is 12.1. The summed E-state index contributed by atoms with van der Waals surface area (Å²) < 4.78 is 21.9. The van der Waals surface area contributed by atoms with Crippen LogP contribution in [0.5, 0.6) is 0 Å². The highest BCUT2D eigenvalue weighted by Crippen LogP contribution is 2.39. The van der Waals surface area contributed by atoms with Gasteiger partial charge in [-0.25, -0.2) is 9.37 Å². The Morgan fingerprint density at radius 3 is 2.88 bits per heavy atom. The number of rotatable bonds is 2. The monoisotopic (exact) mass is 355 g/mol. The van der Waals surface area contributed by atoms with Crippen molar-refractivity contribution in [3.63, 3.8) is 0 Å². The lowest BCUT2D eigenvalue weighted by Crippen LogP contribution is -2.20. The van der Waals surface area contributed by atoms with Crippen molar-refractivity contribution in [1.29, 1.82) is 0 Å². The first kappa shape index (κ1) is 14.6. The summed E-state index contributed by atoms with van der Waals surface area (Å²) in [5.41, 5.74) is 1.81. The summed E-state index contributed by atoms with van der Waals surface area (Å²) >= 11 is 6.18. The van der Waals surface area contributed by atoms with Crippen LogP contribution in [0, 0.1) is 5.82 Å². The van der Waals surface area contributed by atoms with E-state index in [2.05, 4.69) is 9.97 Å². The molecule has 124 valence electrons. The number of fused-ring (bicyclic) bond motifs is 3. The molecule has 1 saturated carbocycles. The van der Waals surface area contributed by atoms with Crippen molar-refractivity contribution in [3.05, 3.63) is 58.2 Å². The third-order valence-electron chi connectivity index (χ3n) is 4.55. The molecule has 1 aliphatic carbocycles. The topological polar surface area (TPSA) is 60.9 Å². The van der Waals surface area contributed by atoms with E-state index in [1.807, 2.05) is 0 Å². The van der Waals surface area contributed by atoms with E-state index in [9.17, 15) is 9.18 Å². The average Bonchev–Trinajstić information content (AvgIpc) is 3.31. The zero-order valence-corrected chi connectivity index (χ0v) is 13.6. The van der Waals surface area contributed by atoms with Gasteiger partial charge in [0.05, 0.1) is 10.5 Å². The summed E-state index contributed by atoms with van der Waals surface area (Å²) in [6.45, 7) is 0. The molecule has 3 aromatic heterocycles. The van der Waals surface area contributed by atoms with E-state index < -0.39 is 5.82 Å². The number of hydrogen-bond acceptors (Lipinski definition) is 4. The number of pyridine rings is 2. The van der Waals surface area contributed by atoms with Gasteiger partial charge in [0.15, 0.2) is 17.5 Å². The highest BCUT2D eigenvalue weighted by Gasteiger charge is 2.29. The number of benzene rings is 1. The minimum Gasteiger partial charge on any atom is -0.443 e. The highest BCUT2D eigenvalue weighted by molar-refractivity contribution is 6.33. The van der Waals surface area contributed by atoms with Gasteiger partial charge >= 0.3 is 0 Å². The molecule has 1 fully saturated rings. The molecule has 0 radical (unpaired) electrons. The maximum Gasteiger partial charge on any atom is 0.281 e. The molecule has 5 nitrogen and oxygen atoms in total. The maximum absolute atomic E-state index is 14.8. The van der Waals surface area contributed by atoms with Crippen molar-refractivity contribution >= 4 is 33.6 Å². The Balaban J connectivity index is 1.94. The zero-order chi connectivity index (χ0) is 17.1. The largest absolute Gasteiger partial charge is 0.443 e. The lowest BCUT2D eigenvalue weighted by atomic mass is 10.0. The van der Waals surface area contributed by atoms with Crippen molar-refractivity contribution in [3.8, 4) is 11.1 Å². The van der Waals surface area contributed by atoms with Gasteiger partial charge in [-0.2, -0.15) is 0 Å². The molecule has 5 rings (SSSR count). The van der Waals surface area contributed by atoms with Crippen LogP contribution in [0.25, 0.3) is 33.1 Å². The van der Waals surface area contributed by atoms with E-state index in [4.69, 9.17) is 16.0 Å². The fourth-order valence-electron chi connectivity index (χ4n) is 3.25. The molecular formula is C18H11ClFN3O2. The number of oxazole rings is 1. The summed E-state index contributed by atoms with van der Waals surface area (Å²) in [6.07, 6.45) is 6.07. The maximum atomic E-state index is 14.8. The third-order valence-corrected chi connectivity index (χ3v) is 4.85. The Labute approximate surface area is 145 Å². The minimum atomic E-state index is -0.445. The van der Waals surface area contributed by atoms with Crippen LogP contribution in [-0.4, -0.2) is 14.5 Å². The van der Waals surface area contributed by atoms with E-state index >= 15 is 0 Å². The second kappa shape index (κ2) is 5.13. The Hall–Kier alpha value is -2.73. The predicted molar refractivity (Wildman–Crippen MR) is 92.2 cm³/mol. The molecule has 0 saturated heterocycles. The van der Waals surface area contributed by atoms with Crippen molar-refractivity contribution in [2.75, 3.05) is 0 Å². The van der Waals surface area contributed by atoms with Crippen molar-refractivity contribution in [2.45, 2.75) is 18.9 Å². The fraction of sp³-hybridized carbons (Fsp3) is 0.167. The van der Waals surface area contributed by atoms with Crippen LogP contribution in [0.2, 0.25) is 5.02 Å². The van der Waals surface area contributed by atoms with Crippen LogP contribution in [0.1, 0.15) is 18.9 Å². The molecule has 0 unspecified atom stereocenters. The minimum absolute atomic E-state index is 0.113. The first-order valence-corrected chi connectivity index (χ1v) is 8.24. The third kappa shape index (κ3) is 2.10. The van der Waals surface area contributed by atoms with Gasteiger partial charge < -0.3 is 8.98 Å². The molecule has 4 aromatic rings. The van der Waals surface area contributed by atoms with E-state index in [1.54, 1.807) is 22.9 Å². The van der Waals surface area contributed by atoms with E-state index in [0.717, 1.165) is 12.8 Å². The second-order valence-corrected chi connectivity index (χ2v) is 6.55. The van der Waals surface area contributed by atoms with Gasteiger partial charge in [0.2, 0.25) is 0 Å². The summed E-state index contributed by atoms with van der Waals surface area (Å²) in [5.74, 6) is -0.445. The molecule has 3 heterocycles. The van der Waals surface area contributed by atoms with Gasteiger partial charge in [-0.15, -0.1) is 0 Å². The SMILES string of the molecule is O=c1c2ncoc2c2cc(F)c(-c3ccncc3Cl)cc2n1C1CC1. The second-order valence-electron chi connectivity index (χ2n) is 6.14. The van der Waals surface area contributed by atoms with Crippen LogP contribution < -0.4 is 5.56 Å². The Morgan fingerprint density at radius 1 is 1.28 bits per heavy atom. The first-order valence-electron chi connectivity index (χ1n) is 7.86. The smallest absolute Gasteiger partial charge is 0.281 e. The Morgan fingerprint density at radius 2 is 2.12 bits per heavy atom. The summed E-state index contributed by atoms with van der Waals surface area (Å²) in [4.78, 5) is 20.7. The lowest BCUT2D eigenvalue weighted by molar-refractivity contribution is 0.603. The average molecular weight is 356 g/mol. The molecule has 1 aromatic carbocycles. The van der Waals surface area contributed by atoms with Crippen LogP contribution in [0.4, 0.5) is 4.39 Å². The van der Waals surface area contributed by atoms with Crippen LogP contribution in [0.3, 0.4) is 0 Å². The summed E-state index contributed by atoms with van der Waals surface area (Å²) in [7, 11) is 0. The Kier molecular flexibility index (Phi) is 3.00. The van der Waals surface area contributed by atoms with Crippen LogP contribution in [-0.2, 0) is 0 Å². The molecule has 0 bridgehead atoms. The Bertz CT molecular complexity index is 1210. The van der Waals surface area contributed by atoms with Gasteiger partial charge in [-0.3, -0.25) is 9.78 Å². The van der Waals surface area contributed by atoms with Gasteiger partial charge in [-0.05, 0) is 31.0 Å². The number of halogens is 2. The molecule has 25 heavy (non-hydrogen) atoms. The molecular weight excluding hydrogens is 345 g/mol. The fourth-order valence-corrected chi connectivity index (χ4v) is 3.47. The molecule has 1 aliphatic rings. The zero-order valence-electron chi connectivity index (χ0n) is 12.9. The van der Waals surface area contributed by atoms with Gasteiger partial charge in [0.1, 0.15) is 5.82 Å². The van der Waals surface area contributed by atoms with Crippen molar-refractivity contribution in [2.24, 2.45) is 0 Å². The van der Waals surface area contributed by atoms with Gasteiger partial charge in [0, 0.05) is 34.9 Å². The molecule has 7 heteroatoms. The summed E-state index contributed by atoms with van der Waals surface area (Å²) in [6, 6.07) is 4.81. The predicted octanol–water partition coefficient (Wildman–Crippen LogP) is 4.33. The van der Waals surface area contributed by atoms with Gasteiger partial charge in [0.25, 0.3) is 5.56 Å². The van der Waals surface area contributed by atoms with Crippen molar-refractivity contribution < 1.29 is 8.81 Å². The van der Waals surface area contributed by atoms with E-state index in [0.29, 0.717) is 32.6 Å². The van der Waals surface area contributed by atoms with E-state index in [-0.39, 0.29) is 17.1 Å². The summed E-state index contributed by atoms with van der Waals surface area (Å²) in [5, 5.41) is 0.882. The standard InChI is InChI=1S/C18H11ClFN3O2/c19-13-7-21-4-3-10(13)11-6-15-12(5-14(11)20)17-16(22-8-25-17)18(24)23(15)9-1-2-9/h3-9H,1-2H2. The quantitative estimate of drug-likeness (QED) is 0.537. The molecule has 0 N–H and O–H groups in total. The number of hydrogen-bond donors (Lipinski definition) is 0. The molecule has 0 atom stereocenters. The molecule has 0 aliphatic heterocycles. The molecule has 0 spiro atoms. The normalized spacial score (nSPS) is 14.5. The lowest BCUT2D eigenvalue weighted by Gasteiger charge is -2.13. The molecule has 0 amide bonds. The van der Waals surface area contributed by atoms with Gasteiger partial charge in [-0.1, -0.05) is 11.6 Å². The number of aromatic nitrogens is 3. The van der Waals surface area contributed by atoms with E-state index in [1.165, 1.54) is 18.7 Å². The van der Waals surface area contributed by atoms with Crippen molar-refractivity contribution in [1.82, 2.24) is 14.5 Å².